The molecule has 3 N–H and O–H groups in total. The minimum absolute atomic E-state index is 0.0788. The highest BCUT2D eigenvalue weighted by Crippen LogP contribution is 2.36. The number of amides is 1. The number of carbonyl (C=O) groups excluding carboxylic acids is 1. The normalized spacial score (nSPS) is 15.5. The van der Waals surface area contributed by atoms with Gasteiger partial charge in [-0.15, -0.1) is 0 Å². The van der Waals surface area contributed by atoms with Crippen LogP contribution in [0.3, 0.4) is 0 Å². The Morgan fingerprint density at radius 2 is 1.93 bits per heavy atom. The van der Waals surface area contributed by atoms with E-state index in [1.165, 1.54) is 0 Å². The third-order valence-corrected chi connectivity index (χ3v) is 5.45. The Morgan fingerprint density at radius 3 is 2.63 bits per heavy atom. The van der Waals surface area contributed by atoms with Crippen LogP contribution in [0.15, 0.2) is 70.3 Å². The molecule has 2 aromatic carbocycles. The number of allylic oxidation sites excluding steroid dienone is 1. The van der Waals surface area contributed by atoms with Gasteiger partial charge in [0.15, 0.2) is 5.82 Å². The molecule has 0 spiro atoms. The lowest BCUT2D eigenvalue weighted by Gasteiger charge is -2.28. The van der Waals surface area contributed by atoms with Gasteiger partial charge in [-0.1, -0.05) is 46.3 Å². The van der Waals surface area contributed by atoms with Gasteiger partial charge in [-0.05, 0) is 43.2 Å². The fourth-order valence-electron chi connectivity index (χ4n) is 3.51. The smallest absolute Gasteiger partial charge is 0.255 e. The van der Waals surface area contributed by atoms with Gasteiger partial charge in [-0.2, -0.15) is 10.1 Å². The number of carbonyl (C=O) groups is 1. The predicted molar refractivity (Wildman–Crippen MR) is 119 cm³/mol. The zero-order chi connectivity index (χ0) is 21.1. The van der Waals surface area contributed by atoms with Crippen molar-refractivity contribution in [2.45, 2.75) is 25.8 Å². The molecule has 2 heterocycles. The largest absolute Gasteiger partial charge is 0.396 e. The Hall–Kier alpha value is -2.97. The van der Waals surface area contributed by atoms with Crippen molar-refractivity contribution in [1.82, 2.24) is 14.8 Å². The average Bonchev–Trinajstić information content (AvgIpc) is 3.15. The summed E-state index contributed by atoms with van der Waals surface area (Å²) in [6.07, 6.45) is 1.15. The maximum Gasteiger partial charge on any atom is 0.255 e. The number of benzene rings is 2. The van der Waals surface area contributed by atoms with Crippen molar-refractivity contribution < 1.29 is 9.90 Å². The second-order valence-corrected chi connectivity index (χ2v) is 7.98. The molecular formula is C22H22BrN5O2. The number of anilines is 2. The summed E-state index contributed by atoms with van der Waals surface area (Å²) < 4.78 is 2.71. The molecule has 1 aliphatic rings. The van der Waals surface area contributed by atoms with Crippen LogP contribution in [0.1, 0.15) is 30.8 Å². The first-order valence-electron chi connectivity index (χ1n) is 9.72. The number of aliphatic hydroxyl groups is 1. The Balaban J connectivity index is 1.75. The molecule has 0 radical (unpaired) electrons. The lowest BCUT2D eigenvalue weighted by atomic mass is 9.95. The molecule has 1 amide bonds. The number of para-hydroxylation sites is 1. The summed E-state index contributed by atoms with van der Waals surface area (Å²) in [6.45, 7) is 1.95. The number of hydrogen-bond acceptors (Lipinski definition) is 5. The molecule has 30 heavy (non-hydrogen) atoms. The zero-order valence-corrected chi connectivity index (χ0v) is 18.1. The molecule has 0 fully saturated rings. The van der Waals surface area contributed by atoms with E-state index >= 15 is 0 Å². The molecule has 1 atom stereocenters. The summed E-state index contributed by atoms with van der Waals surface area (Å²) in [7, 11) is 0. The predicted octanol–water partition coefficient (Wildman–Crippen LogP) is 3.89. The second kappa shape index (κ2) is 8.81. The zero-order valence-electron chi connectivity index (χ0n) is 16.5. The van der Waals surface area contributed by atoms with E-state index in [0.717, 1.165) is 21.4 Å². The fourth-order valence-corrected chi connectivity index (χ4v) is 3.77. The minimum atomic E-state index is -0.423. The topological polar surface area (TPSA) is 92.1 Å². The highest BCUT2D eigenvalue weighted by atomic mass is 79.9. The van der Waals surface area contributed by atoms with Crippen molar-refractivity contribution in [3.63, 3.8) is 0 Å². The Kier molecular flexibility index (Phi) is 5.96. The molecular weight excluding hydrogens is 446 g/mol. The number of rotatable bonds is 6. The van der Waals surface area contributed by atoms with Gasteiger partial charge in [0, 0.05) is 28.9 Å². The molecule has 1 aromatic heterocycles. The molecule has 4 rings (SSSR count). The van der Waals surface area contributed by atoms with Crippen LogP contribution in [0.5, 0.6) is 0 Å². The van der Waals surface area contributed by atoms with E-state index in [0.29, 0.717) is 30.2 Å². The molecule has 0 saturated carbocycles. The summed E-state index contributed by atoms with van der Waals surface area (Å²) in [4.78, 5) is 17.9. The van der Waals surface area contributed by atoms with Crippen LogP contribution in [-0.2, 0) is 11.2 Å². The molecule has 8 heteroatoms. The first kappa shape index (κ1) is 20.3. The summed E-state index contributed by atoms with van der Waals surface area (Å²) in [5.41, 5.74) is 2.96. The van der Waals surface area contributed by atoms with Gasteiger partial charge < -0.3 is 15.7 Å². The van der Waals surface area contributed by atoms with Gasteiger partial charge in [-0.25, -0.2) is 4.68 Å². The second-order valence-electron chi connectivity index (χ2n) is 7.06. The van der Waals surface area contributed by atoms with Gasteiger partial charge in [0.2, 0.25) is 5.95 Å². The molecule has 3 aromatic rings. The number of aryl methyl sites for hydroxylation is 1. The number of aromatic nitrogens is 3. The number of aliphatic hydroxyl groups excluding tert-OH is 1. The van der Waals surface area contributed by atoms with E-state index in [1.54, 1.807) is 4.68 Å². The molecule has 154 valence electrons. The van der Waals surface area contributed by atoms with E-state index in [9.17, 15) is 4.79 Å². The van der Waals surface area contributed by atoms with Crippen molar-refractivity contribution in [1.29, 1.82) is 0 Å². The van der Waals surface area contributed by atoms with Crippen LogP contribution in [0.2, 0.25) is 0 Å². The first-order valence-corrected chi connectivity index (χ1v) is 10.5. The Bertz CT molecular complexity index is 1080. The van der Waals surface area contributed by atoms with Crippen LogP contribution in [0.25, 0.3) is 0 Å². The number of nitrogens with zero attached hydrogens (tertiary/aromatic N) is 3. The van der Waals surface area contributed by atoms with E-state index in [4.69, 9.17) is 5.11 Å². The molecule has 1 aliphatic heterocycles. The van der Waals surface area contributed by atoms with Crippen molar-refractivity contribution in [2.24, 2.45) is 0 Å². The summed E-state index contributed by atoms with van der Waals surface area (Å²) in [6, 6.07) is 16.8. The van der Waals surface area contributed by atoms with Gasteiger partial charge in [0.25, 0.3) is 5.91 Å². The van der Waals surface area contributed by atoms with Crippen molar-refractivity contribution in [3.05, 3.63) is 81.7 Å². The molecule has 0 saturated heterocycles. The lowest BCUT2D eigenvalue weighted by molar-refractivity contribution is -0.113. The highest BCUT2D eigenvalue weighted by Gasteiger charge is 2.34. The van der Waals surface area contributed by atoms with Crippen LogP contribution < -0.4 is 10.6 Å². The summed E-state index contributed by atoms with van der Waals surface area (Å²) in [5.74, 6) is 1.02. The monoisotopic (exact) mass is 467 g/mol. The van der Waals surface area contributed by atoms with Crippen LogP contribution in [0, 0.1) is 0 Å². The van der Waals surface area contributed by atoms with Crippen LogP contribution in [0.4, 0.5) is 11.6 Å². The fraction of sp³-hybridized carbons (Fsp3) is 0.227. The van der Waals surface area contributed by atoms with E-state index in [-0.39, 0.29) is 12.5 Å². The van der Waals surface area contributed by atoms with Crippen LogP contribution in [-0.4, -0.2) is 32.4 Å². The number of fused-ring (bicyclic) bond motifs is 1. The SMILES string of the molecule is CC1=C(C(=O)Nc2ccccc2)C(c2ccc(Br)cc2)n2nc(CCCO)nc2N1. The Morgan fingerprint density at radius 1 is 1.20 bits per heavy atom. The van der Waals surface area contributed by atoms with Gasteiger partial charge >= 0.3 is 0 Å². The third-order valence-electron chi connectivity index (χ3n) is 4.92. The molecule has 7 nitrogen and oxygen atoms in total. The average molecular weight is 468 g/mol. The van der Waals surface area contributed by atoms with Crippen molar-refractivity contribution >= 4 is 33.5 Å². The number of hydrogen-bond donors (Lipinski definition) is 3. The van der Waals surface area contributed by atoms with Gasteiger partial charge in [0.1, 0.15) is 6.04 Å². The van der Waals surface area contributed by atoms with Crippen LogP contribution >= 0.6 is 15.9 Å². The first-order chi connectivity index (χ1) is 14.6. The Labute approximate surface area is 183 Å². The van der Waals surface area contributed by atoms with Crippen molar-refractivity contribution in [2.75, 3.05) is 17.2 Å². The summed E-state index contributed by atoms with van der Waals surface area (Å²) in [5, 5.41) is 20.0. The molecule has 0 bridgehead atoms. The number of halogens is 1. The third kappa shape index (κ3) is 4.15. The van der Waals surface area contributed by atoms with Gasteiger partial charge in [0.05, 0.1) is 5.57 Å². The standard InChI is InChI=1S/C22H22BrN5O2/c1-14-19(21(30)25-17-6-3-2-4-7-17)20(15-9-11-16(23)12-10-15)28-22(24-14)26-18(27-28)8-5-13-29/h2-4,6-7,9-12,20,29H,5,8,13H2,1H3,(H,25,30)(H,24,26,27). The molecule has 1 unspecified atom stereocenters. The number of nitrogens with one attached hydrogen (secondary N) is 2. The summed E-state index contributed by atoms with van der Waals surface area (Å²) >= 11 is 3.47. The maximum absolute atomic E-state index is 13.3. The molecule has 0 aliphatic carbocycles. The lowest BCUT2D eigenvalue weighted by Crippen LogP contribution is -2.31. The minimum Gasteiger partial charge on any atom is -0.396 e. The van der Waals surface area contributed by atoms with Gasteiger partial charge in [-0.3, -0.25) is 4.79 Å². The highest BCUT2D eigenvalue weighted by molar-refractivity contribution is 9.10. The van der Waals surface area contributed by atoms with E-state index < -0.39 is 6.04 Å². The van der Waals surface area contributed by atoms with Crippen molar-refractivity contribution in [3.8, 4) is 0 Å². The maximum atomic E-state index is 13.3. The quantitative estimate of drug-likeness (QED) is 0.511. The van der Waals surface area contributed by atoms with E-state index in [2.05, 4.69) is 36.6 Å². The van der Waals surface area contributed by atoms with E-state index in [1.807, 2.05) is 61.5 Å².